The molecule has 5 nitrogen and oxygen atoms in total. The summed E-state index contributed by atoms with van der Waals surface area (Å²) in [6.07, 6.45) is 1.29. The number of benzene rings is 1. The zero-order chi connectivity index (χ0) is 15.8. The number of aryl methyl sites for hydroxylation is 1. The normalized spacial score (nSPS) is 17.1. The summed E-state index contributed by atoms with van der Waals surface area (Å²) in [6.45, 7) is 4.90. The topological polar surface area (TPSA) is 64.6 Å². The summed E-state index contributed by atoms with van der Waals surface area (Å²) < 4.78 is 11.7. The summed E-state index contributed by atoms with van der Waals surface area (Å²) in [5.74, 6) is -2.66. The molecule has 0 aromatic heterocycles. The monoisotopic (exact) mass is 417 g/mol. The highest BCUT2D eigenvalue weighted by molar-refractivity contribution is 9.11. The molecule has 1 aliphatic heterocycles. The van der Waals surface area contributed by atoms with Gasteiger partial charge in [-0.3, -0.25) is 0 Å². The van der Waals surface area contributed by atoms with Gasteiger partial charge in [0.05, 0.1) is 5.69 Å². The Kier molecular flexibility index (Phi) is 4.43. The molecule has 1 N–H and O–H groups in total. The molecule has 7 heteroatoms. The van der Waals surface area contributed by atoms with Gasteiger partial charge < -0.3 is 14.8 Å². The van der Waals surface area contributed by atoms with E-state index in [1.807, 2.05) is 19.1 Å². The summed E-state index contributed by atoms with van der Waals surface area (Å²) in [5, 5.41) is 2.93. The van der Waals surface area contributed by atoms with Crippen molar-refractivity contribution in [1.82, 2.24) is 0 Å². The quantitative estimate of drug-likeness (QED) is 0.451. The van der Waals surface area contributed by atoms with E-state index in [1.165, 1.54) is 20.0 Å². The Morgan fingerprint density at radius 1 is 1.14 bits per heavy atom. The fourth-order valence-corrected chi connectivity index (χ4v) is 3.36. The number of carbonyl (C=O) groups is 2. The van der Waals surface area contributed by atoms with Crippen LogP contribution in [0.3, 0.4) is 0 Å². The molecule has 112 valence electrons. The minimum absolute atomic E-state index is 0.177. The largest absolute Gasteiger partial charge is 0.419 e. The van der Waals surface area contributed by atoms with Crippen LogP contribution >= 0.6 is 31.9 Å². The molecule has 1 fully saturated rings. The van der Waals surface area contributed by atoms with Gasteiger partial charge in [-0.15, -0.1) is 0 Å². The molecule has 1 aromatic carbocycles. The van der Waals surface area contributed by atoms with Gasteiger partial charge in [0.15, 0.2) is 5.57 Å². The van der Waals surface area contributed by atoms with E-state index in [9.17, 15) is 9.59 Å². The van der Waals surface area contributed by atoms with Crippen molar-refractivity contribution in [2.45, 2.75) is 26.6 Å². The van der Waals surface area contributed by atoms with Crippen LogP contribution in [0.5, 0.6) is 0 Å². The van der Waals surface area contributed by atoms with Crippen LogP contribution in [-0.2, 0) is 19.1 Å². The Morgan fingerprint density at radius 3 is 2.24 bits per heavy atom. The first-order valence-electron chi connectivity index (χ1n) is 6.08. The lowest BCUT2D eigenvalue weighted by Crippen LogP contribution is -2.42. The van der Waals surface area contributed by atoms with E-state index >= 15 is 0 Å². The molecular weight excluding hydrogens is 406 g/mol. The lowest BCUT2D eigenvalue weighted by Gasteiger charge is -2.29. The summed E-state index contributed by atoms with van der Waals surface area (Å²) in [6, 6.07) is 3.76. The molecule has 0 bridgehead atoms. The number of hydrogen-bond donors (Lipinski definition) is 1. The van der Waals surface area contributed by atoms with Crippen LogP contribution in [-0.4, -0.2) is 17.7 Å². The molecule has 1 aliphatic rings. The summed E-state index contributed by atoms with van der Waals surface area (Å²) in [4.78, 5) is 23.6. The average molecular weight is 419 g/mol. The van der Waals surface area contributed by atoms with Gasteiger partial charge in [0.2, 0.25) is 0 Å². The minimum Gasteiger partial charge on any atom is -0.419 e. The molecule has 0 radical (unpaired) electrons. The molecule has 0 atom stereocenters. The SMILES string of the molecule is Cc1cc(Br)cc(Br)c1NC=C1C(=O)OC(C)(C)OC1=O. The van der Waals surface area contributed by atoms with E-state index in [1.54, 1.807) is 0 Å². The molecular formula is C14H13Br2NO4. The maximum absolute atomic E-state index is 11.8. The predicted molar refractivity (Wildman–Crippen MR) is 84.5 cm³/mol. The van der Waals surface area contributed by atoms with Crippen LogP contribution in [0.25, 0.3) is 0 Å². The number of rotatable bonds is 2. The van der Waals surface area contributed by atoms with Crippen molar-refractivity contribution in [1.29, 1.82) is 0 Å². The third-order valence-corrected chi connectivity index (χ3v) is 3.81. The van der Waals surface area contributed by atoms with Crippen molar-refractivity contribution in [2.24, 2.45) is 0 Å². The molecule has 1 aromatic rings. The molecule has 21 heavy (non-hydrogen) atoms. The van der Waals surface area contributed by atoms with Gasteiger partial charge in [0.1, 0.15) is 0 Å². The fourth-order valence-electron chi connectivity index (χ4n) is 1.81. The van der Waals surface area contributed by atoms with Crippen LogP contribution in [0.15, 0.2) is 32.9 Å². The second-order valence-corrected chi connectivity index (χ2v) is 6.73. The lowest BCUT2D eigenvalue weighted by molar-refractivity contribution is -0.222. The Morgan fingerprint density at radius 2 is 1.71 bits per heavy atom. The predicted octanol–water partition coefficient (Wildman–Crippen LogP) is 3.65. The van der Waals surface area contributed by atoms with E-state index in [0.717, 1.165) is 20.2 Å². The third-order valence-electron chi connectivity index (χ3n) is 2.73. The smallest absolute Gasteiger partial charge is 0.350 e. The second kappa shape index (κ2) is 5.81. The van der Waals surface area contributed by atoms with Crippen LogP contribution in [0.2, 0.25) is 0 Å². The van der Waals surface area contributed by atoms with Crippen molar-refractivity contribution in [2.75, 3.05) is 5.32 Å². The number of ether oxygens (including phenoxy) is 2. The zero-order valence-electron chi connectivity index (χ0n) is 11.6. The number of halogens is 2. The van der Waals surface area contributed by atoms with Gasteiger partial charge in [-0.05, 0) is 40.5 Å². The summed E-state index contributed by atoms with van der Waals surface area (Å²) in [5.41, 5.74) is 1.51. The van der Waals surface area contributed by atoms with E-state index in [2.05, 4.69) is 37.2 Å². The van der Waals surface area contributed by atoms with Crippen molar-refractivity contribution in [3.63, 3.8) is 0 Å². The van der Waals surface area contributed by atoms with Crippen LogP contribution in [0, 0.1) is 6.92 Å². The van der Waals surface area contributed by atoms with Crippen LogP contribution < -0.4 is 5.32 Å². The Balaban J connectivity index is 2.26. The number of esters is 2. The van der Waals surface area contributed by atoms with Crippen LogP contribution in [0.1, 0.15) is 19.4 Å². The molecule has 0 spiro atoms. The first-order valence-corrected chi connectivity index (χ1v) is 7.67. The Bertz CT molecular complexity index is 607. The Hall–Kier alpha value is -1.34. The van der Waals surface area contributed by atoms with Gasteiger partial charge >= 0.3 is 11.9 Å². The Labute approximate surface area is 138 Å². The molecule has 0 amide bonds. The van der Waals surface area contributed by atoms with E-state index < -0.39 is 17.7 Å². The highest BCUT2D eigenvalue weighted by Crippen LogP contribution is 2.31. The molecule has 1 heterocycles. The van der Waals surface area contributed by atoms with Gasteiger partial charge in [0.25, 0.3) is 5.79 Å². The van der Waals surface area contributed by atoms with E-state index in [-0.39, 0.29) is 5.57 Å². The number of anilines is 1. The van der Waals surface area contributed by atoms with Crippen molar-refractivity contribution in [3.8, 4) is 0 Å². The summed E-state index contributed by atoms with van der Waals surface area (Å²) >= 11 is 6.80. The standard InChI is InChI=1S/C14H13Br2NO4/c1-7-4-8(15)5-10(16)11(7)17-6-9-12(18)20-14(2,3)21-13(9)19/h4-6,17H,1-3H3. The van der Waals surface area contributed by atoms with Crippen molar-refractivity contribution in [3.05, 3.63) is 38.4 Å². The van der Waals surface area contributed by atoms with Crippen LogP contribution in [0.4, 0.5) is 5.69 Å². The molecule has 1 saturated heterocycles. The first-order chi connectivity index (χ1) is 9.69. The first kappa shape index (κ1) is 16.0. The van der Waals surface area contributed by atoms with Crippen molar-refractivity contribution >= 4 is 49.5 Å². The molecule has 0 aliphatic carbocycles. The van der Waals surface area contributed by atoms with Gasteiger partial charge in [-0.2, -0.15) is 0 Å². The number of carbonyl (C=O) groups excluding carboxylic acids is 2. The van der Waals surface area contributed by atoms with Gasteiger partial charge in [0, 0.05) is 29.0 Å². The molecule has 0 saturated carbocycles. The number of cyclic esters (lactones) is 2. The maximum Gasteiger partial charge on any atom is 0.350 e. The zero-order valence-corrected chi connectivity index (χ0v) is 14.8. The summed E-state index contributed by atoms with van der Waals surface area (Å²) in [7, 11) is 0. The minimum atomic E-state index is -1.24. The molecule has 0 unspecified atom stereocenters. The number of hydrogen-bond acceptors (Lipinski definition) is 5. The second-order valence-electron chi connectivity index (χ2n) is 4.96. The highest BCUT2D eigenvalue weighted by Gasteiger charge is 2.38. The number of nitrogens with one attached hydrogen (secondary N) is 1. The molecule has 2 rings (SSSR count). The van der Waals surface area contributed by atoms with Gasteiger partial charge in [-0.1, -0.05) is 15.9 Å². The lowest BCUT2D eigenvalue weighted by atomic mass is 10.2. The van der Waals surface area contributed by atoms with Gasteiger partial charge in [-0.25, -0.2) is 9.59 Å². The fraction of sp³-hybridized carbons (Fsp3) is 0.286. The van der Waals surface area contributed by atoms with E-state index in [4.69, 9.17) is 9.47 Å². The third kappa shape index (κ3) is 3.65. The average Bonchev–Trinajstić information content (AvgIpc) is 2.29. The maximum atomic E-state index is 11.8. The highest BCUT2D eigenvalue weighted by atomic mass is 79.9. The van der Waals surface area contributed by atoms with Crippen molar-refractivity contribution < 1.29 is 19.1 Å². The van der Waals surface area contributed by atoms with E-state index in [0.29, 0.717) is 0 Å².